The summed E-state index contributed by atoms with van der Waals surface area (Å²) in [5, 5.41) is 0. The van der Waals surface area contributed by atoms with Gasteiger partial charge in [0.05, 0.1) is 3.79 Å². The Morgan fingerprint density at radius 1 is 1.60 bits per heavy atom. The van der Waals surface area contributed by atoms with Gasteiger partial charge in [-0.3, -0.25) is 4.84 Å². The van der Waals surface area contributed by atoms with Crippen molar-refractivity contribution in [1.82, 2.24) is 0 Å². The summed E-state index contributed by atoms with van der Waals surface area (Å²) in [5.74, 6) is 4.91. The van der Waals surface area contributed by atoms with Crippen LogP contribution in [0.5, 0.6) is 0 Å². The first-order valence-corrected chi connectivity index (χ1v) is 4.89. The van der Waals surface area contributed by atoms with Crippen molar-refractivity contribution in [3.63, 3.8) is 0 Å². The topological polar surface area (TPSA) is 35.2 Å². The molecule has 2 nitrogen and oxygen atoms in total. The Morgan fingerprint density at radius 2 is 2.30 bits per heavy atom. The van der Waals surface area contributed by atoms with Crippen molar-refractivity contribution in [2.24, 2.45) is 5.90 Å². The SMILES string of the molecule is NOCc1sc(Br)cc1Br. The molecule has 0 amide bonds. The zero-order valence-electron chi connectivity index (χ0n) is 4.93. The first-order chi connectivity index (χ1) is 4.74. The van der Waals surface area contributed by atoms with Gasteiger partial charge in [0, 0.05) is 9.35 Å². The van der Waals surface area contributed by atoms with E-state index in [1.807, 2.05) is 6.07 Å². The molecule has 0 radical (unpaired) electrons. The summed E-state index contributed by atoms with van der Waals surface area (Å²) in [6.07, 6.45) is 0. The van der Waals surface area contributed by atoms with E-state index in [1.54, 1.807) is 11.3 Å². The Kier molecular flexibility index (Phi) is 3.32. The van der Waals surface area contributed by atoms with Crippen molar-refractivity contribution in [2.45, 2.75) is 6.61 Å². The molecule has 0 aromatic carbocycles. The molecular formula is C5H5Br2NOS. The Morgan fingerprint density at radius 3 is 2.70 bits per heavy atom. The third-order valence-corrected chi connectivity index (χ3v) is 3.52. The summed E-state index contributed by atoms with van der Waals surface area (Å²) in [7, 11) is 0. The molecule has 5 heteroatoms. The molecule has 1 heterocycles. The fourth-order valence-corrected chi connectivity index (χ4v) is 3.11. The Balaban J connectivity index is 2.81. The highest BCUT2D eigenvalue weighted by Crippen LogP contribution is 2.31. The number of hydrogen-bond donors (Lipinski definition) is 1. The van der Waals surface area contributed by atoms with Gasteiger partial charge in [-0.05, 0) is 37.9 Å². The summed E-state index contributed by atoms with van der Waals surface area (Å²) in [6, 6.07) is 1.97. The molecule has 0 saturated heterocycles. The van der Waals surface area contributed by atoms with E-state index in [-0.39, 0.29) is 0 Å². The van der Waals surface area contributed by atoms with Crippen LogP contribution in [0.3, 0.4) is 0 Å². The van der Waals surface area contributed by atoms with Gasteiger partial charge in [0.1, 0.15) is 6.61 Å². The smallest absolute Gasteiger partial charge is 0.103 e. The molecule has 0 aliphatic rings. The lowest BCUT2D eigenvalue weighted by Crippen LogP contribution is -1.96. The highest BCUT2D eigenvalue weighted by molar-refractivity contribution is 9.11. The van der Waals surface area contributed by atoms with Crippen molar-refractivity contribution < 1.29 is 4.84 Å². The third-order valence-electron chi connectivity index (χ3n) is 0.942. The van der Waals surface area contributed by atoms with Gasteiger partial charge in [0.25, 0.3) is 0 Å². The van der Waals surface area contributed by atoms with Gasteiger partial charge in [-0.25, -0.2) is 5.90 Å². The molecule has 0 spiro atoms. The summed E-state index contributed by atoms with van der Waals surface area (Å²) in [4.78, 5) is 5.57. The van der Waals surface area contributed by atoms with E-state index in [2.05, 4.69) is 36.7 Å². The van der Waals surface area contributed by atoms with Crippen LogP contribution in [0.1, 0.15) is 4.88 Å². The number of rotatable bonds is 2. The van der Waals surface area contributed by atoms with Gasteiger partial charge in [-0.15, -0.1) is 11.3 Å². The van der Waals surface area contributed by atoms with Crippen LogP contribution >= 0.6 is 43.2 Å². The van der Waals surface area contributed by atoms with Crippen LogP contribution in [0, 0.1) is 0 Å². The van der Waals surface area contributed by atoms with Crippen LogP contribution in [-0.2, 0) is 11.4 Å². The molecule has 1 aromatic rings. The second-order valence-corrected chi connectivity index (χ2v) is 5.00. The number of halogens is 2. The van der Waals surface area contributed by atoms with E-state index >= 15 is 0 Å². The lowest BCUT2D eigenvalue weighted by molar-refractivity contribution is 0.126. The first kappa shape index (κ1) is 8.67. The summed E-state index contributed by atoms with van der Waals surface area (Å²) in [6.45, 7) is 0.455. The summed E-state index contributed by atoms with van der Waals surface area (Å²) >= 11 is 8.31. The fraction of sp³-hybridized carbons (Fsp3) is 0.200. The maximum Gasteiger partial charge on any atom is 0.103 e. The summed E-state index contributed by atoms with van der Waals surface area (Å²) in [5.41, 5.74) is 0. The normalized spacial score (nSPS) is 10.3. The van der Waals surface area contributed by atoms with Gasteiger partial charge in [0.15, 0.2) is 0 Å². The first-order valence-electron chi connectivity index (χ1n) is 2.49. The number of nitrogens with two attached hydrogens (primary N) is 1. The van der Waals surface area contributed by atoms with Crippen molar-refractivity contribution in [3.05, 3.63) is 19.2 Å². The Labute approximate surface area is 79.6 Å². The molecule has 1 rings (SSSR count). The van der Waals surface area contributed by atoms with Gasteiger partial charge >= 0.3 is 0 Å². The molecule has 56 valence electrons. The highest BCUT2D eigenvalue weighted by atomic mass is 79.9. The van der Waals surface area contributed by atoms with Crippen LogP contribution in [-0.4, -0.2) is 0 Å². The van der Waals surface area contributed by atoms with Crippen LogP contribution in [0.15, 0.2) is 14.3 Å². The van der Waals surface area contributed by atoms with Gasteiger partial charge in [0.2, 0.25) is 0 Å². The van der Waals surface area contributed by atoms with E-state index < -0.39 is 0 Å². The largest absolute Gasteiger partial charge is 0.299 e. The predicted molar refractivity (Wildman–Crippen MR) is 48.7 cm³/mol. The van der Waals surface area contributed by atoms with Gasteiger partial charge < -0.3 is 0 Å². The van der Waals surface area contributed by atoms with Crippen molar-refractivity contribution in [3.8, 4) is 0 Å². The van der Waals surface area contributed by atoms with E-state index in [4.69, 9.17) is 5.90 Å². The van der Waals surface area contributed by atoms with Crippen molar-refractivity contribution in [2.75, 3.05) is 0 Å². The standard InChI is InChI=1S/C5H5Br2NOS/c6-3-1-5(7)10-4(3)2-9-8/h1H,2,8H2. The Hall–Kier alpha value is 0.580. The molecule has 1 aromatic heterocycles. The second-order valence-electron chi connectivity index (χ2n) is 1.63. The second kappa shape index (κ2) is 3.82. The lowest BCUT2D eigenvalue weighted by Gasteiger charge is -1.92. The minimum atomic E-state index is 0.455. The van der Waals surface area contributed by atoms with Crippen molar-refractivity contribution in [1.29, 1.82) is 0 Å². The van der Waals surface area contributed by atoms with Crippen LogP contribution < -0.4 is 5.90 Å². The average Bonchev–Trinajstić information content (AvgIpc) is 2.13. The van der Waals surface area contributed by atoms with E-state index in [0.717, 1.165) is 13.1 Å². The molecule has 10 heavy (non-hydrogen) atoms. The van der Waals surface area contributed by atoms with E-state index in [0.29, 0.717) is 6.61 Å². The number of thiophene rings is 1. The zero-order chi connectivity index (χ0) is 7.56. The monoisotopic (exact) mass is 285 g/mol. The molecule has 0 atom stereocenters. The molecular weight excluding hydrogens is 282 g/mol. The van der Waals surface area contributed by atoms with E-state index in [1.165, 1.54) is 0 Å². The average molecular weight is 287 g/mol. The lowest BCUT2D eigenvalue weighted by atomic mass is 10.5. The highest BCUT2D eigenvalue weighted by Gasteiger charge is 2.03. The van der Waals surface area contributed by atoms with Crippen LogP contribution in [0.4, 0.5) is 0 Å². The summed E-state index contributed by atoms with van der Waals surface area (Å²) < 4.78 is 2.11. The third kappa shape index (κ3) is 2.03. The van der Waals surface area contributed by atoms with Crippen LogP contribution in [0.2, 0.25) is 0 Å². The maximum absolute atomic E-state index is 4.91. The van der Waals surface area contributed by atoms with Crippen LogP contribution in [0.25, 0.3) is 0 Å². The van der Waals surface area contributed by atoms with Crippen molar-refractivity contribution >= 4 is 43.2 Å². The fourth-order valence-electron chi connectivity index (χ4n) is 0.550. The minimum Gasteiger partial charge on any atom is -0.299 e. The quantitative estimate of drug-likeness (QED) is 0.849. The van der Waals surface area contributed by atoms with E-state index in [9.17, 15) is 0 Å². The van der Waals surface area contributed by atoms with Gasteiger partial charge in [-0.1, -0.05) is 0 Å². The molecule has 0 saturated carbocycles. The Bertz CT molecular complexity index is 225. The molecule has 0 unspecified atom stereocenters. The predicted octanol–water partition coefficient (Wildman–Crippen LogP) is 2.66. The molecule has 0 aliphatic carbocycles. The zero-order valence-corrected chi connectivity index (χ0v) is 8.92. The molecule has 0 bridgehead atoms. The molecule has 0 aliphatic heterocycles. The van der Waals surface area contributed by atoms with Gasteiger partial charge in [-0.2, -0.15) is 0 Å². The maximum atomic E-state index is 4.91. The molecule has 2 N–H and O–H groups in total. The molecule has 0 fully saturated rings. The number of hydrogen-bond acceptors (Lipinski definition) is 3. The minimum absolute atomic E-state index is 0.455.